The second kappa shape index (κ2) is 7.61. The van der Waals surface area contributed by atoms with Gasteiger partial charge in [0.15, 0.2) is 9.84 Å². The van der Waals surface area contributed by atoms with Crippen molar-refractivity contribution in [1.29, 1.82) is 0 Å². The Hall–Kier alpha value is -1.70. The van der Waals surface area contributed by atoms with Gasteiger partial charge in [-0.15, -0.1) is 0 Å². The number of rotatable bonds is 5. The molecule has 6 nitrogen and oxygen atoms in total. The second-order valence-corrected chi connectivity index (χ2v) is 10.4. The van der Waals surface area contributed by atoms with Gasteiger partial charge in [0.2, 0.25) is 0 Å². The third kappa shape index (κ3) is 4.16. The van der Waals surface area contributed by atoms with Crippen LogP contribution in [0.3, 0.4) is 0 Å². The van der Waals surface area contributed by atoms with E-state index in [1.807, 2.05) is 19.9 Å². The normalized spacial score (nSPS) is 24.4. The fraction of sp³-hybridized carbons (Fsp3) is 0.571. The molecule has 28 heavy (non-hydrogen) atoms. The van der Waals surface area contributed by atoms with Crippen molar-refractivity contribution in [3.05, 3.63) is 45.3 Å². The number of hydrogen-bond acceptors (Lipinski definition) is 6. The van der Waals surface area contributed by atoms with Crippen molar-refractivity contribution >= 4 is 20.8 Å². The van der Waals surface area contributed by atoms with Gasteiger partial charge >= 0.3 is 5.63 Å². The molecule has 3 heterocycles. The highest BCUT2D eigenvalue weighted by Gasteiger charge is 2.34. The molecule has 0 bridgehead atoms. The molecule has 2 aliphatic rings. The van der Waals surface area contributed by atoms with Gasteiger partial charge in [0.05, 0.1) is 17.6 Å². The smallest absolute Gasteiger partial charge is 0.336 e. The van der Waals surface area contributed by atoms with E-state index in [0.717, 1.165) is 41.5 Å². The Balaban J connectivity index is 1.69. The number of sulfone groups is 1. The van der Waals surface area contributed by atoms with Crippen LogP contribution in [0, 0.1) is 13.8 Å². The lowest BCUT2D eigenvalue weighted by atomic mass is 10.0. The number of hydrogen-bond donors (Lipinski definition) is 0. The predicted octanol–water partition coefficient (Wildman–Crippen LogP) is 2.58. The molecule has 152 valence electrons. The molecule has 2 aromatic rings. The average molecular weight is 406 g/mol. The molecule has 0 radical (unpaired) electrons. The third-order valence-corrected chi connectivity index (χ3v) is 7.76. The molecule has 2 saturated heterocycles. The Labute approximate surface area is 165 Å². The summed E-state index contributed by atoms with van der Waals surface area (Å²) in [5.74, 6) is 0.410. The zero-order valence-electron chi connectivity index (χ0n) is 16.4. The van der Waals surface area contributed by atoms with Gasteiger partial charge in [0.25, 0.3) is 0 Å². The molecular weight excluding hydrogens is 378 g/mol. The molecule has 1 aromatic carbocycles. The molecule has 4 rings (SSSR count). The first kappa shape index (κ1) is 19.6. The monoisotopic (exact) mass is 405 g/mol. The first-order valence-electron chi connectivity index (χ1n) is 9.91. The van der Waals surface area contributed by atoms with Crippen LogP contribution < -0.4 is 5.63 Å². The summed E-state index contributed by atoms with van der Waals surface area (Å²) in [6, 6.07) is 5.46. The standard InChI is InChI=1S/C21H27NO5S/c1-14-8-19-16(10-21(23)27-20(19)9-15(14)2)11-22(12-18-4-3-6-26-18)17-5-7-28(24,25)13-17/h8-10,17-18H,3-7,11-13H2,1-2H3. The number of benzene rings is 1. The first-order valence-corrected chi connectivity index (χ1v) is 11.7. The van der Waals surface area contributed by atoms with Crippen molar-refractivity contribution in [3.8, 4) is 0 Å². The zero-order valence-corrected chi connectivity index (χ0v) is 17.3. The van der Waals surface area contributed by atoms with Crippen molar-refractivity contribution in [2.45, 2.75) is 51.8 Å². The van der Waals surface area contributed by atoms with Gasteiger partial charge in [-0.1, -0.05) is 0 Å². The van der Waals surface area contributed by atoms with Gasteiger partial charge in [0.1, 0.15) is 5.58 Å². The van der Waals surface area contributed by atoms with Crippen molar-refractivity contribution in [3.63, 3.8) is 0 Å². The second-order valence-electron chi connectivity index (χ2n) is 8.14. The van der Waals surface area contributed by atoms with E-state index in [1.54, 1.807) is 6.07 Å². The molecule has 0 N–H and O–H groups in total. The van der Waals surface area contributed by atoms with E-state index in [0.29, 0.717) is 25.1 Å². The minimum Gasteiger partial charge on any atom is -0.423 e. The van der Waals surface area contributed by atoms with Crippen molar-refractivity contribution < 1.29 is 17.6 Å². The highest BCUT2D eigenvalue weighted by molar-refractivity contribution is 7.91. The fourth-order valence-corrected chi connectivity index (χ4v) is 6.05. The quantitative estimate of drug-likeness (QED) is 0.712. The average Bonchev–Trinajstić information content (AvgIpc) is 3.25. The minimum absolute atomic E-state index is 0.0388. The summed E-state index contributed by atoms with van der Waals surface area (Å²) in [6.45, 7) is 6.00. The maximum Gasteiger partial charge on any atom is 0.336 e. The molecular formula is C21H27NO5S. The lowest BCUT2D eigenvalue weighted by molar-refractivity contribution is 0.0576. The number of fused-ring (bicyclic) bond motifs is 1. The molecule has 7 heteroatoms. The van der Waals surface area contributed by atoms with Gasteiger partial charge in [-0.05, 0) is 61.9 Å². The fourth-order valence-electron chi connectivity index (χ4n) is 4.29. The van der Waals surface area contributed by atoms with Crippen molar-refractivity contribution in [1.82, 2.24) is 4.90 Å². The van der Waals surface area contributed by atoms with Crippen molar-refractivity contribution in [2.24, 2.45) is 0 Å². The van der Waals surface area contributed by atoms with Crippen LogP contribution in [-0.2, 0) is 21.1 Å². The molecule has 2 unspecified atom stereocenters. The number of nitrogens with zero attached hydrogens (tertiary/aromatic N) is 1. The summed E-state index contributed by atoms with van der Waals surface area (Å²) in [7, 11) is -2.99. The van der Waals surface area contributed by atoms with E-state index in [-0.39, 0.29) is 29.3 Å². The lowest BCUT2D eigenvalue weighted by Crippen LogP contribution is -2.40. The SMILES string of the molecule is Cc1cc2oc(=O)cc(CN(CC3CCCO3)C3CCS(=O)(=O)C3)c2cc1C. The van der Waals surface area contributed by atoms with Gasteiger partial charge in [-0.3, -0.25) is 4.90 Å². The Kier molecular flexibility index (Phi) is 5.33. The third-order valence-electron chi connectivity index (χ3n) is 6.00. The summed E-state index contributed by atoms with van der Waals surface area (Å²) >= 11 is 0. The maximum atomic E-state index is 12.1. The van der Waals surface area contributed by atoms with Gasteiger partial charge in [-0.25, -0.2) is 13.2 Å². The number of aryl methyl sites for hydroxylation is 2. The molecule has 0 spiro atoms. The first-order chi connectivity index (χ1) is 13.3. The lowest BCUT2D eigenvalue weighted by Gasteiger charge is -2.30. The van der Waals surface area contributed by atoms with E-state index in [9.17, 15) is 13.2 Å². The van der Waals surface area contributed by atoms with Crippen molar-refractivity contribution in [2.75, 3.05) is 24.7 Å². The van der Waals surface area contributed by atoms with Crippen LogP contribution >= 0.6 is 0 Å². The molecule has 0 aliphatic carbocycles. The predicted molar refractivity (Wildman–Crippen MR) is 108 cm³/mol. The molecule has 0 saturated carbocycles. The Morgan fingerprint density at radius 1 is 1.14 bits per heavy atom. The van der Waals surface area contributed by atoms with Crippen LogP contribution in [0.4, 0.5) is 0 Å². The van der Waals surface area contributed by atoms with Crippen LogP contribution in [0.25, 0.3) is 11.0 Å². The highest BCUT2D eigenvalue weighted by atomic mass is 32.2. The Morgan fingerprint density at radius 2 is 1.93 bits per heavy atom. The Morgan fingerprint density at radius 3 is 2.61 bits per heavy atom. The van der Waals surface area contributed by atoms with Gasteiger partial charge < -0.3 is 9.15 Å². The molecule has 2 fully saturated rings. The van der Waals surface area contributed by atoms with E-state index in [2.05, 4.69) is 11.0 Å². The van der Waals surface area contributed by atoms with Crippen LogP contribution in [0.5, 0.6) is 0 Å². The summed E-state index contributed by atoms with van der Waals surface area (Å²) in [6.07, 6.45) is 2.79. The van der Waals surface area contributed by atoms with Crippen LogP contribution in [-0.4, -0.2) is 50.1 Å². The van der Waals surface area contributed by atoms with E-state index in [4.69, 9.17) is 9.15 Å². The van der Waals surface area contributed by atoms with Crippen LogP contribution in [0.1, 0.15) is 36.0 Å². The minimum atomic E-state index is -2.99. The molecule has 2 aliphatic heterocycles. The topological polar surface area (TPSA) is 76.8 Å². The maximum absolute atomic E-state index is 12.1. The molecule has 1 aromatic heterocycles. The van der Waals surface area contributed by atoms with Crippen LogP contribution in [0.15, 0.2) is 27.4 Å². The van der Waals surface area contributed by atoms with Crippen LogP contribution in [0.2, 0.25) is 0 Å². The number of ether oxygens (including phenoxy) is 1. The summed E-state index contributed by atoms with van der Waals surface area (Å²) in [5.41, 5.74) is 3.31. The summed E-state index contributed by atoms with van der Waals surface area (Å²) in [4.78, 5) is 14.3. The highest BCUT2D eigenvalue weighted by Crippen LogP contribution is 2.27. The van der Waals surface area contributed by atoms with E-state index < -0.39 is 9.84 Å². The van der Waals surface area contributed by atoms with Gasteiger partial charge in [0, 0.05) is 37.2 Å². The molecule has 0 amide bonds. The Bertz CT molecular complexity index is 1040. The molecule has 2 atom stereocenters. The van der Waals surface area contributed by atoms with E-state index in [1.165, 1.54) is 0 Å². The van der Waals surface area contributed by atoms with E-state index >= 15 is 0 Å². The zero-order chi connectivity index (χ0) is 19.9. The van der Waals surface area contributed by atoms with Gasteiger partial charge in [-0.2, -0.15) is 0 Å². The summed E-state index contributed by atoms with van der Waals surface area (Å²) < 4.78 is 35.3. The largest absolute Gasteiger partial charge is 0.423 e. The summed E-state index contributed by atoms with van der Waals surface area (Å²) in [5, 5.41) is 0.917.